The van der Waals surface area contributed by atoms with Gasteiger partial charge < -0.3 is 0 Å². The Bertz CT molecular complexity index is 804. The number of rotatable bonds is 4. The number of benzene rings is 2. The second kappa shape index (κ2) is 6.57. The van der Waals surface area contributed by atoms with Gasteiger partial charge in [-0.15, -0.1) is 0 Å². The van der Waals surface area contributed by atoms with Crippen LogP contribution in [-0.4, -0.2) is 0 Å². The number of nitrogens with zero attached hydrogens (tertiary/aromatic N) is 4. The minimum absolute atomic E-state index is 0.644. The molecular weight excluding hydrogens is 272 g/mol. The quantitative estimate of drug-likeness (QED) is 0.291. The van der Waals surface area contributed by atoms with Crippen LogP contribution in [0.1, 0.15) is 5.56 Å². The Hall–Kier alpha value is -3.10. The van der Waals surface area contributed by atoms with E-state index in [2.05, 4.69) is 26.7 Å². The van der Waals surface area contributed by atoms with Crippen molar-refractivity contribution in [2.75, 3.05) is 0 Å². The molecular formula is C18H15N4+. The third kappa shape index (κ3) is 3.14. The van der Waals surface area contributed by atoms with Crippen LogP contribution in [0.5, 0.6) is 0 Å². The summed E-state index contributed by atoms with van der Waals surface area (Å²) < 4.78 is 2.12. The maximum absolute atomic E-state index is 8.65. The van der Waals surface area contributed by atoms with Crippen LogP contribution in [0.2, 0.25) is 0 Å². The first-order chi connectivity index (χ1) is 10.9. The summed E-state index contributed by atoms with van der Waals surface area (Å²) in [4.78, 5) is 2.89. The fraction of sp³-hybridized carbons (Fsp3) is 0.0556. The van der Waals surface area contributed by atoms with Crippen LogP contribution in [0.3, 0.4) is 0 Å². The molecule has 0 amide bonds. The van der Waals surface area contributed by atoms with E-state index in [0.717, 1.165) is 17.7 Å². The van der Waals surface area contributed by atoms with E-state index in [4.69, 9.17) is 5.53 Å². The average molecular weight is 287 g/mol. The van der Waals surface area contributed by atoms with Crippen molar-refractivity contribution in [2.24, 2.45) is 5.11 Å². The van der Waals surface area contributed by atoms with Crippen molar-refractivity contribution in [3.8, 4) is 11.1 Å². The smallest absolute Gasteiger partial charge is 0.173 e. The fourth-order valence-corrected chi connectivity index (χ4v) is 2.39. The molecule has 4 nitrogen and oxygen atoms in total. The Balaban J connectivity index is 1.87. The number of hydrogen-bond donors (Lipinski definition) is 0. The molecule has 0 atom stereocenters. The number of hydrogen-bond acceptors (Lipinski definition) is 1. The van der Waals surface area contributed by atoms with Crippen molar-refractivity contribution in [1.29, 1.82) is 0 Å². The van der Waals surface area contributed by atoms with Crippen LogP contribution < -0.4 is 4.57 Å². The van der Waals surface area contributed by atoms with Gasteiger partial charge in [-0.05, 0) is 16.7 Å². The third-order valence-corrected chi connectivity index (χ3v) is 3.47. The molecule has 0 spiro atoms. The Morgan fingerprint density at radius 2 is 1.55 bits per heavy atom. The van der Waals surface area contributed by atoms with E-state index >= 15 is 0 Å². The maximum atomic E-state index is 8.65. The number of aromatic nitrogens is 1. The molecule has 4 heteroatoms. The summed E-state index contributed by atoms with van der Waals surface area (Å²) in [6.45, 7) is 0.832. The molecule has 0 saturated carbocycles. The molecule has 0 N–H and O–H groups in total. The van der Waals surface area contributed by atoms with E-state index in [-0.39, 0.29) is 0 Å². The van der Waals surface area contributed by atoms with Crippen molar-refractivity contribution in [1.82, 2.24) is 0 Å². The summed E-state index contributed by atoms with van der Waals surface area (Å²) >= 11 is 0. The highest BCUT2D eigenvalue weighted by molar-refractivity contribution is 5.75. The SMILES string of the molecule is [N-]=[N+]=Nc1ccccc1-c1cc[n+](Cc2ccccc2)cc1. The van der Waals surface area contributed by atoms with Gasteiger partial charge in [0, 0.05) is 28.3 Å². The largest absolute Gasteiger partial charge is 0.201 e. The lowest BCUT2D eigenvalue weighted by Crippen LogP contribution is -2.32. The molecule has 0 unspecified atom stereocenters. The summed E-state index contributed by atoms with van der Waals surface area (Å²) in [6, 6.07) is 22.0. The summed E-state index contributed by atoms with van der Waals surface area (Å²) in [5, 5.41) is 3.75. The molecule has 0 fully saturated rings. The van der Waals surface area contributed by atoms with E-state index in [9.17, 15) is 0 Å². The minimum Gasteiger partial charge on any atom is -0.201 e. The molecule has 0 aliphatic heterocycles. The van der Waals surface area contributed by atoms with Crippen molar-refractivity contribution in [3.63, 3.8) is 0 Å². The topological polar surface area (TPSA) is 52.6 Å². The van der Waals surface area contributed by atoms with Gasteiger partial charge >= 0.3 is 0 Å². The van der Waals surface area contributed by atoms with Crippen LogP contribution in [0.25, 0.3) is 21.6 Å². The highest BCUT2D eigenvalue weighted by atomic mass is 15.1. The zero-order chi connectivity index (χ0) is 15.2. The van der Waals surface area contributed by atoms with Gasteiger partial charge in [0.1, 0.15) is 0 Å². The first-order valence-electron chi connectivity index (χ1n) is 7.04. The van der Waals surface area contributed by atoms with Crippen LogP contribution in [0, 0.1) is 0 Å². The standard InChI is InChI=1S/C18H15N4/c19-21-20-18-9-5-4-8-17(18)16-10-12-22(13-11-16)14-15-6-2-1-3-7-15/h1-13H,14H2/q+1. The van der Waals surface area contributed by atoms with E-state index in [1.807, 2.05) is 67.0 Å². The van der Waals surface area contributed by atoms with Crippen molar-refractivity contribution >= 4 is 5.69 Å². The van der Waals surface area contributed by atoms with Gasteiger partial charge in [-0.1, -0.05) is 59.7 Å². The predicted octanol–water partition coefficient (Wildman–Crippen LogP) is 4.63. The zero-order valence-electron chi connectivity index (χ0n) is 12.0. The zero-order valence-corrected chi connectivity index (χ0v) is 12.0. The molecule has 0 radical (unpaired) electrons. The molecule has 2 aromatic carbocycles. The molecule has 0 aliphatic carbocycles. The Kier molecular flexibility index (Phi) is 4.14. The second-order valence-corrected chi connectivity index (χ2v) is 4.95. The first-order valence-corrected chi connectivity index (χ1v) is 7.04. The van der Waals surface area contributed by atoms with Gasteiger partial charge in [0.2, 0.25) is 0 Å². The van der Waals surface area contributed by atoms with E-state index in [0.29, 0.717) is 5.69 Å². The van der Waals surface area contributed by atoms with E-state index < -0.39 is 0 Å². The third-order valence-electron chi connectivity index (χ3n) is 3.47. The molecule has 0 bridgehead atoms. The molecule has 1 aromatic heterocycles. The highest BCUT2D eigenvalue weighted by Crippen LogP contribution is 2.29. The first kappa shape index (κ1) is 13.9. The van der Waals surface area contributed by atoms with Crippen LogP contribution in [-0.2, 0) is 6.54 Å². The van der Waals surface area contributed by atoms with Gasteiger partial charge in [0.25, 0.3) is 0 Å². The summed E-state index contributed by atoms with van der Waals surface area (Å²) in [5.41, 5.74) is 12.5. The Labute approximate surface area is 128 Å². The van der Waals surface area contributed by atoms with Gasteiger partial charge in [0.05, 0.1) is 0 Å². The van der Waals surface area contributed by atoms with Gasteiger partial charge in [-0.2, -0.15) is 0 Å². The van der Waals surface area contributed by atoms with Gasteiger partial charge in [0.15, 0.2) is 18.9 Å². The van der Waals surface area contributed by atoms with Gasteiger partial charge in [-0.3, -0.25) is 0 Å². The second-order valence-electron chi connectivity index (χ2n) is 4.95. The van der Waals surface area contributed by atoms with Crippen molar-refractivity contribution < 1.29 is 4.57 Å². The van der Waals surface area contributed by atoms with Crippen LogP contribution in [0.4, 0.5) is 5.69 Å². The molecule has 3 aromatic rings. The number of azide groups is 1. The Morgan fingerprint density at radius 3 is 2.27 bits per heavy atom. The monoisotopic (exact) mass is 287 g/mol. The van der Waals surface area contributed by atoms with Crippen LogP contribution in [0.15, 0.2) is 84.2 Å². The molecule has 1 heterocycles. The molecule has 106 valence electrons. The lowest BCUT2D eigenvalue weighted by atomic mass is 10.1. The molecule has 0 saturated heterocycles. The Morgan fingerprint density at radius 1 is 0.864 bits per heavy atom. The fourth-order valence-electron chi connectivity index (χ4n) is 2.39. The van der Waals surface area contributed by atoms with E-state index in [1.165, 1.54) is 5.56 Å². The maximum Gasteiger partial charge on any atom is 0.173 e. The molecule has 22 heavy (non-hydrogen) atoms. The van der Waals surface area contributed by atoms with E-state index in [1.54, 1.807) is 0 Å². The summed E-state index contributed by atoms with van der Waals surface area (Å²) in [7, 11) is 0. The highest BCUT2D eigenvalue weighted by Gasteiger charge is 2.06. The number of pyridine rings is 1. The summed E-state index contributed by atoms with van der Waals surface area (Å²) in [5.74, 6) is 0. The molecule has 3 rings (SSSR count). The lowest BCUT2D eigenvalue weighted by molar-refractivity contribution is -0.688. The minimum atomic E-state index is 0.644. The summed E-state index contributed by atoms with van der Waals surface area (Å²) in [6.07, 6.45) is 4.07. The van der Waals surface area contributed by atoms with Crippen LogP contribution >= 0.6 is 0 Å². The average Bonchev–Trinajstić information content (AvgIpc) is 2.58. The lowest BCUT2D eigenvalue weighted by Gasteiger charge is -2.04. The van der Waals surface area contributed by atoms with Gasteiger partial charge in [-0.25, -0.2) is 4.57 Å². The molecule has 0 aliphatic rings. The predicted molar refractivity (Wildman–Crippen MR) is 86.4 cm³/mol. The van der Waals surface area contributed by atoms with Crippen molar-refractivity contribution in [3.05, 3.63) is 95.1 Å². The normalized spacial score (nSPS) is 10.0. The van der Waals surface area contributed by atoms with Crippen molar-refractivity contribution in [2.45, 2.75) is 6.54 Å².